The van der Waals surface area contributed by atoms with Crippen molar-refractivity contribution in [1.82, 2.24) is 20.1 Å². The van der Waals surface area contributed by atoms with Crippen molar-refractivity contribution >= 4 is 17.8 Å². The van der Waals surface area contributed by atoms with Crippen LogP contribution in [-0.4, -0.2) is 40.2 Å². The maximum Gasteiger partial charge on any atom is 0.248 e. The Bertz CT molecular complexity index is 743. The first-order valence-corrected chi connectivity index (χ1v) is 7.77. The summed E-state index contributed by atoms with van der Waals surface area (Å²) in [4.78, 5) is 27.5. The Morgan fingerprint density at radius 3 is 3.00 bits per heavy atom. The third-order valence-corrected chi connectivity index (χ3v) is 3.89. The molecule has 1 aliphatic heterocycles. The predicted molar refractivity (Wildman–Crippen MR) is 86.6 cm³/mol. The zero-order valence-electron chi connectivity index (χ0n) is 13.4. The highest BCUT2D eigenvalue weighted by atomic mass is 16.5. The molecule has 0 spiro atoms. The van der Waals surface area contributed by atoms with Crippen LogP contribution in [-0.2, 0) is 16.1 Å². The molecule has 2 heterocycles. The Hall–Kier alpha value is -2.90. The van der Waals surface area contributed by atoms with Crippen LogP contribution in [0, 0.1) is 0 Å². The van der Waals surface area contributed by atoms with Crippen molar-refractivity contribution in [3.8, 4) is 5.75 Å². The van der Waals surface area contributed by atoms with Gasteiger partial charge >= 0.3 is 0 Å². The van der Waals surface area contributed by atoms with E-state index in [9.17, 15) is 9.59 Å². The van der Waals surface area contributed by atoms with Gasteiger partial charge in [-0.15, -0.1) is 5.10 Å². The predicted octanol–water partition coefficient (Wildman–Crippen LogP) is 0.919. The molecule has 0 fully saturated rings. The minimum atomic E-state index is -0.184. The molecular formula is C16H19N5O3. The highest BCUT2D eigenvalue weighted by Gasteiger charge is 2.23. The van der Waals surface area contributed by atoms with E-state index < -0.39 is 0 Å². The maximum atomic E-state index is 12.3. The third-order valence-electron chi connectivity index (χ3n) is 3.89. The summed E-state index contributed by atoms with van der Waals surface area (Å²) in [5, 5.41) is 9.24. The van der Waals surface area contributed by atoms with E-state index in [2.05, 4.69) is 20.7 Å². The van der Waals surface area contributed by atoms with Crippen LogP contribution in [0.5, 0.6) is 5.75 Å². The lowest BCUT2D eigenvalue weighted by Crippen LogP contribution is -2.24. The number of rotatable bonds is 5. The number of hydrogen-bond donors (Lipinski definition) is 2. The Labute approximate surface area is 139 Å². The first kappa shape index (κ1) is 16.0. The lowest BCUT2D eigenvalue weighted by molar-refractivity contribution is -0.121. The fourth-order valence-corrected chi connectivity index (χ4v) is 2.68. The van der Waals surface area contributed by atoms with E-state index in [1.807, 2.05) is 24.3 Å². The molecule has 3 rings (SSSR count). The Morgan fingerprint density at radius 1 is 1.33 bits per heavy atom. The van der Waals surface area contributed by atoms with Gasteiger partial charge in [-0.25, -0.2) is 9.67 Å². The van der Waals surface area contributed by atoms with Gasteiger partial charge in [0, 0.05) is 13.5 Å². The zero-order chi connectivity index (χ0) is 16.9. The molecule has 0 saturated carbocycles. The van der Waals surface area contributed by atoms with Gasteiger partial charge < -0.3 is 10.1 Å². The SMILES string of the molecule is CNC(=O)Cn1cnc(NC(=O)CC2CCOc3ccccc32)n1. The number of benzene rings is 1. The molecule has 1 unspecified atom stereocenters. The Morgan fingerprint density at radius 2 is 2.17 bits per heavy atom. The molecule has 1 aliphatic rings. The van der Waals surface area contributed by atoms with E-state index in [0.29, 0.717) is 13.0 Å². The number of anilines is 1. The second-order valence-electron chi connectivity index (χ2n) is 5.56. The minimum absolute atomic E-state index is 0.0622. The monoisotopic (exact) mass is 329 g/mol. The summed E-state index contributed by atoms with van der Waals surface area (Å²) in [7, 11) is 1.55. The number of aromatic nitrogens is 3. The number of carbonyl (C=O) groups excluding carboxylic acids is 2. The number of amides is 2. The number of fused-ring (bicyclic) bond motifs is 1. The van der Waals surface area contributed by atoms with Crippen LogP contribution in [0.3, 0.4) is 0 Å². The van der Waals surface area contributed by atoms with Gasteiger partial charge in [0.15, 0.2) is 0 Å². The van der Waals surface area contributed by atoms with Gasteiger partial charge in [0.1, 0.15) is 18.6 Å². The standard InChI is InChI=1S/C16H19N5O3/c1-17-15(23)9-21-10-18-16(20-21)19-14(22)8-11-6-7-24-13-5-3-2-4-12(11)13/h2-5,10-11H,6-9H2,1H3,(H,17,23)(H,19,20,22). The highest BCUT2D eigenvalue weighted by Crippen LogP contribution is 2.35. The normalized spacial score (nSPS) is 16.0. The van der Waals surface area contributed by atoms with Crippen molar-refractivity contribution in [1.29, 1.82) is 0 Å². The largest absolute Gasteiger partial charge is 0.493 e. The average molecular weight is 329 g/mol. The topological polar surface area (TPSA) is 98.1 Å². The molecule has 0 saturated heterocycles. The summed E-state index contributed by atoms with van der Waals surface area (Å²) in [5.41, 5.74) is 1.05. The summed E-state index contributed by atoms with van der Waals surface area (Å²) in [6.07, 6.45) is 2.54. The van der Waals surface area contributed by atoms with Gasteiger partial charge in [-0.05, 0) is 24.0 Å². The Kier molecular flexibility index (Phi) is 4.74. The lowest BCUT2D eigenvalue weighted by Gasteiger charge is -2.25. The van der Waals surface area contributed by atoms with Crippen LogP contribution in [0.4, 0.5) is 5.95 Å². The maximum absolute atomic E-state index is 12.3. The van der Waals surface area contributed by atoms with E-state index in [1.165, 1.54) is 11.0 Å². The third kappa shape index (κ3) is 3.70. The van der Waals surface area contributed by atoms with E-state index in [0.717, 1.165) is 17.7 Å². The van der Waals surface area contributed by atoms with E-state index >= 15 is 0 Å². The summed E-state index contributed by atoms with van der Waals surface area (Å²) < 4.78 is 6.98. The van der Waals surface area contributed by atoms with Crippen LogP contribution >= 0.6 is 0 Å². The second kappa shape index (κ2) is 7.12. The number of para-hydroxylation sites is 1. The molecule has 0 radical (unpaired) electrons. The summed E-state index contributed by atoms with van der Waals surface area (Å²) in [6, 6.07) is 7.77. The van der Waals surface area contributed by atoms with Gasteiger partial charge in [-0.2, -0.15) is 0 Å². The molecule has 2 N–H and O–H groups in total. The van der Waals surface area contributed by atoms with Gasteiger partial charge in [-0.3, -0.25) is 14.9 Å². The van der Waals surface area contributed by atoms with E-state index in [4.69, 9.17) is 4.74 Å². The van der Waals surface area contributed by atoms with Crippen molar-refractivity contribution in [2.75, 3.05) is 19.0 Å². The molecule has 1 aromatic heterocycles. The number of likely N-dealkylation sites (N-methyl/N-ethyl adjacent to an activating group) is 1. The van der Waals surface area contributed by atoms with Crippen molar-refractivity contribution in [3.05, 3.63) is 36.2 Å². The van der Waals surface area contributed by atoms with Crippen LogP contribution in [0.2, 0.25) is 0 Å². The molecule has 0 bridgehead atoms. The first-order chi connectivity index (χ1) is 11.7. The highest BCUT2D eigenvalue weighted by molar-refractivity contribution is 5.89. The number of nitrogens with zero attached hydrogens (tertiary/aromatic N) is 3. The summed E-state index contributed by atoms with van der Waals surface area (Å²) in [6.45, 7) is 0.667. The fourth-order valence-electron chi connectivity index (χ4n) is 2.68. The molecule has 2 amide bonds. The van der Waals surface area contributed by atoms with Crippen LogP contribution < -0.4 is 15.4 Å². The quantitative estimate of drug-likeness (QED) is 0.850. The summed E-state index contributed by atoms with van der Waals surface area (Å²) in [5.74, 6) is 0.813. The average Bonchev–Trinajstić information content (AvgIpc) is 3.01. The van der Waals surface area contributed by atoms with Crippen molar-refractivity contribution < 1.29 is 14.3 Å². The molecule has 8 heteroatoms. The van der Waals surface area contributed by atoms with E-state index in [-0.39, 0.29) is 30.2 Å². The van der Waals surface area contributed by atoms with E-state index in [1.54, 1.807) is 7.05 Å². The van der Waals surface area contributed by atoms with Crippen LogP contribution in [0.1, 0.15) is 24.3 Å². The van der Waals surface area contributed by atoms with Gasteiger partial charge in [0.2, 0.25) is 17.8 Å². The second-order valence-corrected chi connectivity index (χ2v) is 5.56. The van der Waals surface area contributed by atoms with Gasteiger partial charge in [0.05, 0.1) is 6.61 Å². The minimum Gasteiger partial charge on any atom is -0.493 e. The molecular weight excluding hydrogens is 310 g/mol. The molecule has 1 atom stereocenters. The molecule has 8 nitrogen and oxygen atoms in total. The summed E-state index contributed by atoms with van der Waals surface area (Å²) >= 11 is 0. The molecule has 126 valence electrons. The number of ether oxygens (including phenoxy) is 1. The van der Waals surface area contributed by atoms with Gasteiger partial charge in [-0.1, -0.05) is 18.2 Å². The number of nitrogens with one attached hydrogen (secondary N) is 2. The number of hydrogen-bond acceptors (Lipinski definition) is 5. The fraction of sp³-hybridized carbons (Fsp3) is 0.375. The number of carbonyl (C=O) groups is 2. The van der Waals surface area contributed by atoms with Crippen LogP contribution in [0.15, 0.2) is 30.6 Å². The molecule has 1 aromatic carbocycles. The van der Waals surface area contributed by atoms with Crippen molar-refractivity contribution in [3.63, 3.8) is 0 Å². The molecule has 2 aromatic rings. The lowest BCUT2D eigenvalue weighted by atomic mass is 9.90. The van der Waals surface area contributed by atoms with Crippen LogP contribution in [0.25, 0.3) is 0 Å². The first-order valence-electron chi connectivity index (χ1n) is 7.77. The van der Waals surface area contributed by atoms with Gasteiger partial charge in [0.25, 0.3) is 0 Å². The Balaban J connectivity index is 1.60. The van der Waals surface area contributed by atoms with Crippen molar-refractivity contribution in [2.24, 2.45) is 0 Å². The smallest absolute Gasteiger partial charge is 0.248 e. The molecule has 0 aliphatic carbocycles. The van der Waals surface area contributed by atoms with Crippen molar-refractivity contribution in [2.45, 2.75) is 25.3 Å². The molecule has 24 heavy (non-hydrogen) atoms. The zero-order valence-corrected chi connectivity index (χ0v) is 13.4.